The maximum atomic E-state index is 6.56. The Bertz CT molecular complexity index is 3740. The predicted molar refractivity (Wildman–Crippen MR) is 259 cm³/mol. The third kappa shape index (κ3) is 4.37. The van der Waals surface area contributed by atoms with Crippen LogP contribution in [-0.2, 0) is 5.41 Å². The Labute approximate surface area is 358 Å². The summed E-state index contributed by atoms with van der Waals surface area (Å²) in [6.45, 7) is 0. The SMILES string of the molecule is c1ccc2c(c1)-c1ccccc1C21c2ccccc2-c2ccc(-c3c4ccccc4c(-c4ccc(-c5cccc6oc7c8ccccc8ccc7c56)cc4)c4ccccc34)cc21. The van der Waals surface area contributed by atoms with E-state index in [-0.39, 0.29) is 0 Å². The molecular formula is C61H36O. The monoisotopic (exact) mass is 784 g/mol. The summed E-state index contributed by atoms with van der Waals surface area (Å²) in [4.78, 5) is 0. The lowest BCUT2D eigenvalue weighted by atomic mass is 9.70. The standard InChI is InChI=1S/C61H36O/c1-2-15-42-37(14-1)32-35-51-59-41(23-13-27-56(59)62-60(42)51)38-28-30-39(31-29-38)57-47-19-3-5-21-49(47)58(50-22-6-4-20-48(50)57)40-33-34-46-45-18-9-12-26-54(45)61(55(46)36-40)52-24-10-7-16-43(52)44-17-8-11-25-53(44)61/h1-36H. The van der Waals surface area contributed by atoms with E-state index in [1.807, 2.05) is 0 Å². The van der Waals surface area contributed by atoms with Crippen LogP contribution in [0.5, 0.6) is 0 Å². The first kappa shape index (κ1) is 33.8. The number of hydrogen-bond donors (Lipinski definition) is 0. The summed E-state index contributed by atoms with van der Waals surface area (Å²) in [6.07, 6.45) is 0. The predicted octanol–water partition coefficient (Wildman–Crippen LogP) is 16.4. The van der Waals surface area contributed by atoms with Crippen molar-refractivity contribution < 1.29 is 4.42 Å². The van der Waals surface area contributed by atoms with E-state index in [2.05, 4.69) is 218 Å². The molecule has 0 N–H and O–H groups in total. The molecule has 1 heterocycles. The molecule has 0 saturated carbocycles. The highest BCUT2D eigenvalue weighted by atomic mass is 16.3. The van der Waals surface area contributed by atoms with E-state index in [1.54, 1.807) is 0 Å². The molecule has 0 bridgehead atoms. The van der Waals surface area contributed by atoms with Crippen molar-refractivity contribution in [2.24, 2.45) is 0 Å². The minimum absolute atomic E-state index is 0.400. The van der Waals surface area contributed by atoms with Gasteiger partial charge in [0, 0.05) is 16.2 Å². The lowest BCUT2D eigenvalue weighted by Gasteiger charge is -2.30. The molecular weight excluding hydrogens is 749 g/mol. The number of hydrogen-bond acceptors (Lipinski definition) is 1. The smallest absolute Gasteiger partial charge is 0.143 e. The Balaban J connectivity index is 0.964. The Kier molecular flexibility index (Phi) is 6.82. The molecule has 14 rings (SSSR count). The van der Waals surface area contributed by atoms with Gasteiger partial charge in [0.2, 0.25) is 0 Å². The lowest BCUT2D eigenvalue weighted by molar-refractivity contribution is 0.673. The first-order valence-electron chi connectivity index (χ1n) is 21.6. The zero-order valence-corrected chi connectivity index (χ0v) is 33.7. The van der Waals surface area contributed by atoms with Crippen molar-refractivity contribution in [3.63, 3.8) is 0 Å². The minimum atomic E-state index is -0.400. The van der Waals surface area contributed by atoms with Crippen LogP contribution in [0.25, 0.3) is 110 Å². The molecule has 1 spiro atoms. The molecule has 286 valence electrons. The second-order valence-electron chi connectivity index (χ2n) is 17.0. The third-order valence-electron chi connectivity index (χ3n) is 14.1. The van der Waals surface area contributed by atoms with Crippen LogP contribution in [0.2, 0.25) is 0 Å². The average molecular weight is 785 g/mol. The first-order valence-corrected chi connectivity index (χ1v) is 21.6. The quantitative estimate of drug-likeness (QED) is 0.163. The van der Waals surface area contributed by atoms with Gasteiger partial charge in [-0.15, -0.1) is 0 Å². The van der Waals surface area contributed by atoms with E-state index in [4.69, 9.17) is 4.42 Å². The Morgan fingerprint density at radius 1 is 0.290 bits per heavy atom. The topological polar surface area (TPSA) is 13.1 Å². The molecule has 11 aromatic carbocycles. The molecule has 2 aliphatic carbocycles. The molecule has 1 aromatic heterocycles. The van der Waals surface area contributed by atoms with Crippen LogP contribution in [-0.4, -0.2) is 0 Å². The van der Waals surface area contributed by atoms with Gasteiger partial charge in [-0.1, -0.05) is 200 Å². The summed E-state index contributed by atoms with van der Waals surface area (Å²) in [5.41, 5.74) is 19.5. The summed E-state index contributed by atoms with van der Waals surface area (Å²) in [5, 5.41) is 9.64. The van der Waals surface area contributed by atoms with E-state index >= 15 is 0 Å². The van der Waals surface area contributed by atoms with Gasteiger partial charge in [-0.2, -0.15) is 0 Å². The van der Waals surface area contributed by atoms with Crippen molar-refractivity contribution in [2.75, 3.05) is 0 Å². The van der Waals surface area contributed by atoms with E-state index in [0.29, 0.717) is 0 Å². The second-order valence-corrected chi connectivity index (χ2v) is 17.0. The molecule has 0 radical (unpaired) electrons. The van der Waals surface area contributed by atoms with Crippen molar-refractivity contribution in [3.05, 3.63) is 241 Å². The summed E-state index contributed by atoms with van der Waals surface area (Å²) >= 11 is 0. The maximum absolute atomic E-state index is 6.56. The average Bonchev–Trinajstić information content (AvgIpc) is 3.98. The van der Waals surface area contributed by atoms with Crippen LogP contribution in [0.4, 0.5) is 0 Å². The summed E-state index contributed by atoms with van der Waals surface area (Å²) < 4.78 is 6.56. The van der Waals surface area contributed by atoms with E-state index < -0.39 is 5.41 Å². The molecule has 0 unspecified atom stereocenters. The number of rotatable bonds is 3. The van der Waals surface area contributed by atoms with Crippen molar-refractivity contribution in [1.82, 2.24) is 0 Å². The van der Waals surface area contributed by atoms with Crippen LogP contribution in [0.1, 0.15) is 22.3 Å². The highest BCUT2D eigenvalue weighted by molar-refractivity contribution is 6.22. The summed E-state index contributed by atoms with van der Waals surface area (Å²) in [6, 6.07) is 81.0. The second kappa shape index (κ2) is 12.5. The molecule has 0 saturated heterocycles. The number of fused-ring (bicyclic) bond motifs is 17. The zero-order valence-electron chi connectivity index (χ0n) is 33.7. The van der Waals surface area contributed by atoms with E-state index in [1.165, 1.54) is 105 Å². The molecule has 0 fully saturated rings. The Morgan fingerprint density at radius 2 is 0.758 bits per heavy atom. The fraction of sp³-hybridized carbons (Fsp3) is 0.0164. The number of furan rings is 1. The van der Waals surface area contributed by atoms with Gasteiger partial charge >= 0.3 is 0 Å². The molecule has 2 aliphatic rings. The van der Waals surface area contributed by atoms with Gasteiger partial charge in [-0.05, 0) is 123 Å². The van der Waals surface area contributed by atoms with Crippen LogP contribution >= 0.6 is 0 Å². The van der Waals surface area contributed by atoms with Crippen molar-refractivity contribution in [3.8, 4) is 55.6 Å². The van der Waals surface area contributed by atoms with Gasteiger partial charge in [0.15, 0.2) is 0 Å². The molecule has 1 nitrogen and oxygen atoms in total. The van der Waals surface area contributed by atoms with Gasteiger partial charge in [0.05, 0.1) is 5.41 Å². The van der Waals surface area contributed by atoms with Gasteiger partial charge in [0.1, 0.15) is 11.2 Å². The summed E-state index contributed by atoms with van der Waals surface area (Å²) in [5.74, 6) is 0. The molecule has 0 aliphatic heterocycles. The van der Waals surface area contributed by atoms with Crippen LogP contribution in [0.15, 0.2) is 223 Å². The number of benzene rings is 11. The zero-order chi connectivity index (χ0) is 40.5. The van der Waals surface area contributed by atoms with E-state index in [9.17, 15) is 0 Å². The van der Waals surface area contributed by atoms with Gasteiger partial charge in [-0.3, -0.25) is 0 Å². The molecule has 62 heavy (non-hydrogen) atoms. The van der Waals surface area contributed by atoms with Crippen LogP contribution < -0.4 is 0 Å². The Hall–Kier alpha value is -8.00. The minimum Gasteiger partial charge on any atom is -0.455 e. The highest BCUT2D eigenvalue weighted by Gasteiger charge is 2.51. The van der Waals surface area contributed by atoms with E-state index in [0.717, 1.165) is 27.3 Å². The molecule has 12 aromatic rings. The van der Waals surface area contributed by atoms with Gasteiger partial charge in [0.25, 0.3) is 0 Å². The van der Waals surface area contributed by atoms with Gasteiger partial charge in [-0.25, -0.2) is 0 Å². The fourth-order valence-corrected chi connectivity index (χ4v) is 11.6. The molecule has 1 heteroatoms. The van der Waals surface area contributed by atoms with Crippen molar-refractivity contribution in [1.29, 1.82) is 0 Å². The Morgan fingerprint density at radius 3 is 1.37 bits per heavy atom. The molecule has 0 atom stereocenters. The van der Waals surface area contributed by atoms with Crippen LogP contribution in [0, 0.1) is 0 Å². The molecule has 0 amide bonds. The van der Waals surface area contributed by atoms with Crippen molar-refractivity contribution >= 4 is 54.3 Å². The third-order valence-corrected chi connectivity index (χ3v) is 14.1. The fourth-order valence-electron chi connectivity index (χ4n) is 11.6. The summed E-state index contributed by atoms with van der Waals surface area (Å²) in [7, 11) is 0. The largest absolute Gasteiger partial charge is 0.455 e. The maximum Gasteiger partial charge on any atom is 0.143 e. The highest BCUT2D eigenvalue weighted by Crippen LogP contribution is 2.63. The van der Waals surface area contributed by atoms with Crippen molar-refractivity contribution in [2.45, 2.75) is 5.41 Å². The van der Waals surface area contributed by atoms with Crippen LogP contribution in [0.3, 0.4) is 0 Å². The first-order chi connectivity index (χ1) is 30.8. The van der Waals surface area contributed by atoms with Gasteiger partial charge < -0.3 is 4.42 Å². The lowest BCUT2D eigenvalue weighted by Crippen LogP contribution is -2.25. The normalized spacial score (nSPS) is 13.3.